The lowest BCUT2D eigenvalue weighted by atomic mass is 10.0. The molecule has 0 saturated carbocycles. The molecule has 0 fully saturated rings. The van der Waals surface area contributed by atoms with E-state index in [0.29, 0.717) is 0 Å². The van der Waals surface area contributed by atoms with Gasteiger partial charge in [0.1, 0.15) is 0 Å². The monoisotopic (exact) mass is 385 g/mol. The molecule has 4 aromatic heterocycles. The Labute approximate surface area is 166 Å². The highest BCUT2D eigenvalue weighted by molar-refractivity contribution is 7.09. The van der Waals surface area contributed by atoms with E-state index in [4.69, 9.17) is 4.98 Å². The summed E-state index contributed by atoms with van der Waals surface area (Å²) in [6.07, 6.45) is 4.44. The summed E-state index contributed by atoms with van der Waals surface area (Å²) in [5, 5.41) is 11.8. The first-order valence-electron chi connectivity index (χ1n) is 9.17. The van der Waals surface area contributed by atoms with Gasteiger partial charge in [-0.2, -0.15) is 5.10 Å². The van der Waals surface area contributed by atoms with Crippen LogP contribution in [0.5, 0.6) is 0 Å². The topological polar surface area (TPSA) is 59.4 Å². The van der Waals surface area contributed by atoms with Crippen molar-refractivity contribution in [2.45, 2.75) is 20.3 Å². The minimum atomic E-state index is 0.752. The Balaban J connectivity index is 1.65. The highest BCUT2D eigenvalue weighted by Crippen LogP contribution is 2.30. The van der Waals surface area contributed by atoms with Gasteiger partial charge >= 0.3 is 0 Å². The minimum absolute atomic E-state index is 0.752. The summed E-state index contributed by atoms with van der Waals surface area (Å²) in [4.78, 5) is 9.12. The number of nitrogens with zero attached hydrogens (tertiary/aromatic N) is 4. The van der Waals surface area contributed by atoms with E-state index in [2.05, 4.69) is 70.0 Å². The number of pyridine rings is 1. The number of fused-ring (bicyclic) bond motifs is 1. The number of thiazole rings is 1. The van der Waals surface area contributed by atoms with Crippen LogP contribution in [-0.2, 0) is 6.42 Å². The molecule has 5 nitrogen and oxygen atoms in total. The molecule has 0 unspecified atom stereocenters. The Morgan fingerprint density at radius 1 is 1.00 bits per heavy atom. The van der Waals surface area contributed by atoms with Crippen molar-refractivity contribution in [3.05, 3.63) is 82.3 Å². The number of aromatic nitrogens is 5. The Morgan fingerprint density at radius 3 is 2.64 bits per heavy atom. The predicted molar refractivity (Wildman–Crippen MR) is 113 cm³/mol. The van der Waals surface area contributed by atoms with Crippen molar-refractivity contribution in [3.8, 4) is 16.9 Å². The van der Waals surface area contributed by atoms with E-state index in [-0.39, 0.29) is 0 Å². The lowest BCUT2D eigenvalue weighted by Crippen LogP contribution is -2.02. The zero-order chi connectivity index (χ0) is 19.1. The third kappa shape index (κ3) is 2.82. The second-order valence-electron chi connectivity index (χ2n) is 6.86. The molecule has 0 bridgehead atoms. The molecule has 0 aliphatic rings. The van der Waals surface area contributed by atoms with E-state index < -0.39 is 0 Å². The van der Waals surface area contributed by atoms with Gasteiger partial charge in [-0.25, -0.2) is 4.98 Å². The normalized spacial score (nSPS) is 11.4. The Kier molecular flexibility index (Phi) is 4.06. The van der Waals surface area contributed by atoms with Crippen molar-refractivity contribution in [2.75, 3.05) is 0 Å². The van der Waals surface area contributed by atoms with Crippen LogP contribution in [0.4, 0.5) is 0 Å². The third-order valence-corrected chi connectivity index (χ3v) is 5.80. The zero-order valence-electron chi connectivity index (χ0n) is 15.7. The Morgan fingerprint density at radius 2 is 1.86 bits per heavy atom. The predicted octanol–water partition coefficient (Wildman–Crippen LogP) is 5.08. The molecule has 0 aliphatic heterocycles. The number of aromatic amines is 1. The molecule has 6 heteroatoms. The van der Waals surface area contributed by atoms with E-state index in [1.807, 2.05) is 23.8 Å². The second-order valence-corrected chi connectivity index (χ2v) is 7.84. The fraction of sp³-hybridized carbons (Fsp3) is 0.136. The fourth-order valence-electron chi connectivity index (χ4n) is 3.68. The van der Waals surface area contributed by atoms with Crippen molar-refractivity contribution in [2.24, 2.45) is 0 Å². The summed E-state index contributed by atoms with van der Waals surface area (Å²) in [5.41, 5.74) is 7.57. The van der Waals surface area contributed by atoms with Crippen LogP contribution in [0.25, 0.3) is 27.8 Å². The molecular formula is C22H19N5S. The van der Waals surface area contributed by atoms with Gasteiger partial charge in [-0.3, -0.25) is 10.1 Å². The smallest absolute Gasteiger partial charge is 0.0984 e. The molecule has 0 atom stereocenters. The van der Waals surface area contributed by atoms with Gasteiger partial charge in [0.2, 0.25) is 0 Å². The highest BCUT2D eigenvalue weighted by Gasteiger charge is 2.14. The SMILES string of the molecule is Cc1ccc(C)n1-c1cccnc1-c1ccc2n[nH]c(Cc3nccs3)c2c1. The molecule has 0 aliphatic carbocycles. The van der Waals surface area contributed by atoms with Gasteiger partial charge in [0.05, 0.1) is 21.9 Å². The van der Waals surface area contributed by atoms with Crippen LogP contribution in [-0.4, -0.2) is 24.7 Å². The molecular weight excluding hydrogens is 366 g/mol. The van der Waals surface area contributed by atoms with E-state index >= 15 is 0 Å². The number of H-pyrrole nitrogens is 1. The van der Waals surface area contributed by atoms with Gasteiger partial charge in [-0.15, -0.1) is 11.3 Å². The van der Waals surface area contributed by atoms with Gasteiger partial charge in [0, 0.05) is 52.2 Å². The number of hydrogen-bond acceptors (Lipinski definition) is 4. The zero-order valence-corrected chi connectivity index (χ0v) is 16.5. The lowest BCUT2D eigenvalue weighted by Gasteiger charge is -2.14. The molecule has 138 valence electrons. The average Bonchev–Trinajstić information content (AvgIpc) is 3.44. The first kappa shape index (κ1) is 16.9. The van der Waals surface area contributed by atoms with Crippen LogP contribution in [0.3, 0.4) is 0 Å². The van der Waals surface area contributed by atoms with Crippen molar-refractivity contribution in [3.63, 3.8) is 0 Å². The van der Waals surface area contributed by atoms with Crippen LogP contribution in [0.15, 0.2) is 60.2 Å². The molecule has 5 rings (SSSR count). The first-order valence-corrected chi connectivity index (χ1v) is 10.0. The molecule has 0 radical (unpaired) electrons. The summed E-state index contributed by atoms with van der Waals surface area (Å²) in [6.45, 7) is 4.24. The highest BCUT2D eigenvalue weighted by atomic mass is 32.1. The van der Waals surface area contributed by atoms with E-state index in [1.54, 1.807) is 11.3 Å². The quantitative estimate of drug-likeness (QED) is 0.469. The fourth-order valence-corrected chi connectivity index (χ4v) is 4.31. The summed E-state index contributed by atoms with van der Waals surface area (Å²) in [5.74, 6) is 0. The maximum Gasteiger partial charge on any atom is 0.0984 e. The van der Waals surface area contributed by atoms with E-state index in [9.17, 15) is 0 Å². The average molecular weight is 385 g/mol. The third-order valence-electron chi connectivity index (χ3n) is 5.02. The molecule has 28 heavy (non-hydrogen) atoms. The Hall–Kier alpha value is -3.25. The van der Waals surface area contributed by atoms with Gasteiger partial charge in [-0.1, -0.05) is 6.07 Å². The van der Waals surface area contributed by atoms with Gasteiger partial charge in [0.25, 0.3) is 0 Å². The summed E-state index contributed by atoms with van der Waals surface area (Å²) in [6, 6.07) is 14.7. The maximum atomic E-state index is 4.72. The minimum Gasteiger partial charge on any atom is -0.316 e. The van der Waals surface area contributed by atoms with E-state index in [0.717, 1.165) is 45.0 Å². The summed E-state index contributed by atoms with van der Waals surface area (Å²) < 4.78 is 2.25. The van der Waals surface area contributed by atoms with Crippen LogP contribution in [0.2, 0.25) is 0 Å². The maximum absolute atomic E-state index is 4.72. The van der Waals surface area contributed by atoms with Gasteiger partial charge < -0.3 is 4.57 Å². The molecule has 5 aromatic rings. The van der Waals surface area contributed by atoms with Crippen molar-refractivity contribution in [1.82, 2.24) is 24.7 Å². The van der Waals surface area contributed by atoms with E-state index in [1.165, 1.54) is 11.4 Å². The number of benzene rings is 1. The number of hydrogen-bond donors (Lipinski definition) is 1. The Bertz CT molecular complexity index is 1240. The molecule has 1 aromatic carbocycles. The lowest BCUT2D eigenvalue weighted by molar-refractivity contribution is 0.959. The molecule has 4 heterocycles. The molecule has 1 N–H and O–H groups in total. The van der Waals surface area contributed by atoms with Crippen molar-refractivity contribution in [1.29, 1.82) is 0 Å². The first-order chi connectivity index (χ1) is 13.7. The van der Waals surface area contributed by atoms with Gasteiger partial charge in [0.15, 0.2) is 0 Å². The standard InChI is InChI=1S/C22H19N5S/c1-14-5-6-15(2)27(14)20-4-3-9-24-22(20)16-7-8-18-17(12-16)19(26-25-18)13-21-23-10-11-28-21/h3-12H,13H2,1-2H3,(H,25,26). The summed E-state index contributed by atoms with van der Waals surface area (Å²) in [7, 11) is 0. The number of rotatable bonds is 4. The molecule has 0 amide bonds. The molecule has 0 spiro atoms. The van der Waals surface area contributed by atoms with Crippen molar-refractivity contribution >= 4 is 22.2 Å². The molecule has 0 saturated heterocycles. The van der Waals surface area contributed by atoms with Crippen LogP contribution < -0.4 is 0 Å². The van der Waals surface area contributed by atoms with Crippen molar-refractivity contribution < 1.29 is 0 Å². The van der Waals surface area contributed by atoms with Crippen LogP contribution in [0, 0.1) is 13.8 Å². The number of nitrogens with one attached hydrogen (secondary N) is 1. The number of aryl methyl sites for hydroxylation is 2. The van der Waals surface area contributed by atoms with Crippen LogP contribution in [0.1, 0.15) is 22.1 Å². The van der Waals surface area contributed by atoms with Crippen LogP contribution >= 0.6 is 11.3 Å². The largest absolute Gasteiger partial charge is 0.316 e. The second kappa shape index (κ2) is 6.73. The summed E-state index contributed by atoms with van der Waals surface area (Å²) >= 11 is 1.66. The van der Waals surface area contributed by atoms with Gasteiger partial charge in [-0.05, 0) is 50.2 Å².